The Morgan fingerprint density at radius 3 is 2.88 bits per heavy atom. The Balaban J connectivity index is 1.41. The molecular weight excluding hydrogens is 350 g/mol. The van der Waals surface area contributed by atoms with Crippen molar-refractivity contribution in [1.82, 2.24) is 10.6 Å². The maximum atomic E-state index is 12.1. The van der Waals surface area contributed by atoms with Crippen molar-refractivity contribution in [3.05, 3.63) is 52.2 Å². The molecular formula is C19H23N3O3S. The number of nitrogens with one attached hydrogen (secondary N) is 3. The molecule has 1 aliphatic rings. The molecule has 6 nitrogen and oxygen atoms in total. The number of anilines is 1. The maximum Gasteiger partial charge on any atom is 0.315 e. The van der Waals surface area contributed by atoms with Crippen molar-refractivity contribution < 1.29 is 14.3 Å². The first-order chi connectivity index (χ1) is 12.7. The highest BCUT2D eigenvalue weighted by Gasteiger charge is 2.23. The summed E-state index contributed by atoms with van der Waals surface area (Å²) in [5, 5.41) is 10.6. The first-order valence-corrected chi connectivity index (χ1v) is 9.64. The van der Waals surface area contributed by atoms with Gasteiger partial charge in [0.15, 0.2) is 0 Å². The number of benzene rings is 1. The third-order valence-electron chi connectivity index (χ3n) is 4.11. The highest BCUT2D eigenvalue weighted by atomic mass is 32.1. The zero-order chi connectivity index (χ0) is 18.2. The number of amides is 3. The summed E-state index contributed by atoms with van der Waals surface area (Å²) in [5.41, 5.74) is 1.63. The predicted molar refractivity (Wildman–Crippen MR) is 102 cm³/mol. The molecule has 2 heterocycles. The number of rotatable bonds is 7. The Kier molecular flexibility index (Phi) is 6.62. The first-order valence-electron chi connectivity index (χ1n) is 8.76. The van der Waals surface area contributed by atoms with Gasteiger partial charge in [-0.3, -0.25) is 4.79 Å². The molecule has 138 valence electrons. The average Bonchev–Trinajstić information content (AvgIpc) is 3.34. The third kappa shape index (κ3) is 5.57. The minimum Gasteiger partial charge on any atom is -0.368 e. The number of hydrogen-bond acceptors (Lipinski definition) is 4. The number of carbonyl (C=O) groups excluding carboxylic acids is 2. The van der Waals surface area contributed by atoms with Crippen LogP contribution in [0.25, 0.3) is 0 Å². The van der Waals surface area contributed by atoms with Crippen molar-refractivity contribution in [2.45, 2.75) is 31.9 Å². The summed E-state index contributed by atoms with van der Waals surface area (Å²) in [6.07, 6.45) is 2.16. The molecule has 0 bridgehead atoms. The standard InChI is InChI=1S/C19H23N3O3S/c23-18(17-7-2-10-25-17)22-15-5-1-4-14(12-15)13-21-19(24)20-9-8-16-6-3-11-26-16/h1,3-6,11-12,17H,2,7-10,13H2,(H,22,23)(H2,20,21,24)/t17-/m1/s1. The minimum atomic E-state index is -0.356. The molecule has 0 unspecified atom stereocenters. The lowest BCUT2D eigenvalue weighted by Crippen LogP contribution is -2.36. The van der Waals surface area contributed by atoms with Crippen LogP contribution in [0.4, 0.5) is 10.5 Å². The van der Waals surface area contributed by atoms with Gasteiger partial charge in [0.05, 0.1) is 0 Å². The van der Waals surface area contributed by atoms with Crippen LogP contribution in [0.3, 0.4) is 0 Å². The highest BCUT2D eigenvalue weighted by molar-refractivity contribution is 7.09. The van der Waals surface area contributed by atoms with Gasteiger partial charge in [0.1, 0.15) is 6.10 Å². The fraction of sp³-hybridized carbons (Fsp3) is 0.368. The van der Waals surface area contributed by atoms with Crippen molar-refractivity contribution >= 4 is 29.0 Å². The molecule has 0 spiro atoms. The Hall–Kier alpha value is -2.38. The molecule has 1 atom stereocenters. The van der Waals surface area contributed by atoms with E-state index in [1.807, 2.05) is 35.7 Å². The van der Waals surface area contributed by atoms with Gasteiger partial charge in [-0.25, -0.2) is 4.79 Å². The van der Waals surface area contributed by atoms with Gasteiger partial charge in [-0.1, -0.05) is 18.2 Å². The quantitative estimate of drug-likeness (QED) is 0.698. The first kappa shape index (κ1) is 18.4. The number of hydrogen-bond donors (Lipinski definition) is 3. The van der Waals surface area contributed by atoms with E-state index in [1.165, 1.54) is 4.88 Å². The smallest absolute Gasteiger partial charge is 0.315 e. The lowest BCUT2D eigenvalue weighted by Gasteiger charge is -2.12. The molecule has 7 heteroatoms. The van der Waals surface area contributed by atoms with Crippen molar-refractivity contribution in [3.8, 4) is 0 Å². The number of carbonyl (C=O) groups is 2. The van der Waals surface area contributed by atoms with Crippen LogP contribution in [0.5, 0.6) is 0 Å². The van der Waals surface area contributed by atoms with E-state index in [2.05, 4.69) is 22.0 Å². The van der Waals surface area contributed by atoms with E-state index in [1.54, 1.807) is 11.3 Å². The van der Waals surface area contributed by atoms with Crippen molar-refractivity contribution in [1.29, 1.82) is 0 Å². The molecule has 1 fully saturated rings. The van der Waals surface area contributed by atoms with Gasteiger partial charge in [0.2, 0.25) is 0 Å². The number of ether oxygens (including phenoxy) is 1. The normalized spacial score (nSPS) is 16.2. The van der Waals surface area contributed by atoms with Gasteiger partial charge < -0.3 is 20.7 Å². The summed E-state index contributed by atoms with van der Waals surface area (Å²) in [7, 11) is 0. The molecule has 3 amide bonds. The van der Waals surface area contributed by atoms with Gasteiger partial charge in [-0.05, 0) is 48.4 Å². The van der Waals surface area contributed by atoms with E-state index in [9.17, 15) is 9.59 Å². The van der Waals surface area contributed by atoms with Crippen LogP contribution in [0.15, 0.2) is 41.8 Å². The molecule has 1 aromatic heterocycles. The van der Waals surface area contributed by atoms with E-state index in [-0.39, 0.29) is 18.0 Å². The second kappa shape index (κ2) is 9.35. The van der Waals surface area contributed by atoms with Crippen LogP contribution in [0.2, 0.25) is 0 Å². The molecule has 0 aliphatic carbocycles. The van der Waals surface area contributed by atoms with Gasteiger partial charge in [0, 0.05) is 30.3 Å². The Labute approximate surface area is 156 Å². The van der Waals surface area contributed by atoms with Crippen LogP contribution in [-0.2, 0) is 22.5 Å². The lowest BCUT2D eigenvalue weighted by molar-refractivity contribution is -0.124. The SMILES string of the molecule is O=C(NCCc1cccs1)NCc1cccc(NC(=O)[C@H]2CCCO2)c1. The summed E-state index contributed by atoms with van der Waals surface area (Å²) in [6.45, 7) is 1.64. The van der Waals surface area contributed by atoms with Crippen LogP contribution in [0.1, 0.15) is 23.3 Å². The Morgan fingerprint density at radius 2 is 2.12 bits per heavy atom. The molecule has 26 heavy (non-hydrogen) atoms. The summed E-state index contributed by atoms with van der Waals surface area (Å²) >= 11 is 1.69. The van der Waals surface area contributed by atoms with Crippen LogP contribution in [-0.4, -0.2) is 31.2 Å². The van der Waals surface area contributed by atoms with E-state index >= 15 is 0 Å². The topological polar surface area (TPSA) is 79.5 Å². The fourth-order valence-corrected chi connectivity index (χ4v) is 3.47. The molecule has 1 saturated heterocycles. The molecule has 1 aromatic carbocycles. The maximum absolute atomic E-state index is 12.1. The second-order valence-corrected chi connectivity index (χ2v) is 7.16. The molecule has 0 radical (unpaired) electrons. The number of urea groups is 1. The van der Waals surface area contributed by atoms with Gasteiger partial charge in [-0.2, -0.15) is 0 Å². The summed E-state index contributed by atoms with van der Waals surface area (Å²) in [5.74, 6) is -0.112. The molecule has 3 rings (SSSR count). The zero-order valence-corrected chi connectivity index (χ0v) is 15.3. The summed E-state index contributed by atoms with van der Waals surface area (Å²) in [4.78, 5) is 25.2. The zero-order valence-electron chi connectivity index (χ0n) is 14.5. The van der Waals surface area contributed by atoms with Crippen molar-refractivity contribution in [2.24, 2.45) is 0 Å². The van der Waals surface area contributed by atoms with E-state index in [4.69, 9.17) is 4.74 Å². The average molecular weight is 373 g/mol. The van der Waals surface area contributed by atoms with Crippen molar-refractivity contribution in [2.75, 3.05) is 18.5 Å². The largest absolute Gasteiger partial charge is 0.368 e. The Morgan fingerprint density at radius 1 is 1.19 bits per heavy atom. The Bertz CT molecular complexity index is 727. The molecule has 0 saturated carbocycles. The van der Waals surface area contributed by atoms with E-state index in [0.29, 0.717) is 25.4 Å². The minimum absolute atomic E-state index is 0.112. The van der Waals surface area contributed by atoms with Gasteiger partial charge >= 0.3 is 6.03 Å². The van der Waals surface area contributed by atoms with Crippen LogP contribution >= 0.6 is 11.3 Å². The third-order valence-corrected chi connectivity index (χ3v) is 5.04. The summed E-state index contributed by atoms with van der Waals surface area (Å²) in [6, 6.07) is 11.3. The predicted octanol–water partition coefficient (Wildman–Crippen LogP) is 2.91. The molecule has 1 aliphatic heterocycles. The van der Waals surface area contributed by atoms with Crippen LogP contribution < -0.4 is 16.0 Å². The second-order valence-electron chi connectivity index (χ2n) is 6.13. The van der Waals surface area contributed by atoms with Gasteiger partial charge in [-0.15, -0.1) is 11.3 Å². The lowest BCUT2D eigenvalue weighted by atomic mass is 10.2. The monoisotopic (exact) mass is 373 g/mol. The van der Waals surface area contributed by atoms with E-state index < -0.39 is 0 Å². The van der Waals surface area contributed by atoms with Crippen molar-refractivity contribution in [3.63, 3.8) is 0 Å². The number of thiophene rings is 1. The van der Waals surface area contributed by atoms with Gasteiger partial charge in [0.25, 0.3) is 5.91 Å². The highest BCUT2D eigenvalue weighted by Crippen LogP contribution is 2.16. The molecule has 2 aromatic rings. The van der Waals surface area contributed by atoms with E-state index in [0.717, 1.165) is 24.8 Å². The summed E-state index contributed by atoms with van der Waals surface area (Å²) < 4.78 is 5.38. The van der Waals surface area contributed by atoms with Crippen LogP contribution in [0, 0.1) is 0 Å². The fourth-order valence-electron chi connectivity index (χ4n) is 2.77. The molecule has 3 N–H and O–H groups in total.